The molecule has 7 nitrogen and oxygen atoms in total. The zero-order valence-electron chi connectivity index (χ0n) is 18.6. The number of rotatable bonds is 8. The maximum absolute atomic E-state index is 13.3. The summed E-state index contributed by atoms with van der Waals surface area (Å²) in [6.45, 7) is 0.370. The molecule has 1 aliphatic rings. The Kier molecular flexibility index (Phi) is 7.33. The minimum atomic E-state index is -3.63. The Hall–Kier alpha value is -3.17. The Morgan fingerprint density at radius 2 is 1.76 bits per heavy atom. The summed E-state index contributed by atoms with van der Waals surface area (Å²) >= 11 is 0. The van der Waals surface area contributed by atoms with Gasteiger partial charge in [0.25, 0.3) is 0 Å². The highest BCUT2D eigenvalue weighted by atomic mass is 32.2. The summed E-state index contributed by atoms with van der Waals surface area (Å²) in [5, 5.41) is 9.61. The van der Waals surface area contributed by atoms with Gasteiger partial charge >= 0.3 is 5.97 Å². The summed E-state index contributed by atoms with van der Waals surface area (Å²) in [6.07, 6.45) is 4.19. The average Bonchev–Trinajstić information content (AvgIpc) is 2.84. The fourth-order valence-electron chi connectivity index (χ4n) is 4.24. The number of aromatic carboxylic acids is 1. The zero-order chi connectivity index (χ0) is 24.1. The number of aryl methyl sites for hydroxylation is 2. The van der Waals surface area contributed by atoms with Gasteiger partial charge in [-0.05, 0) is 48.9 Å². The lowest BCUT2D eigenvalue weighted by atomic mass is 10.0. The molecule has 178 valence electrons. The molecule has 0 unspecified atom stereocenters. The van der Waals surface area contributed by atoms with Crippen molar-refractivity contribution in [3.05, 3.63) is 94.8 Å². The van der Waals surface area contributed by atoms with E-state index in [2.05, 4.69) is 9.97 Å². The summed E-state index contributed by atoms with van der Waals surface area (Å²) in [7, 11) is -3.63. The standard InChI is InChI=1S/C25H26FN3O4S/c26-20-12-9-18(10-13-20)11-14-22-21(25(30)31)16-27-24(28-22)23-8-4-5-15-29(23)34(32,33)17-19-6-2-1-3-7-19/h1-3,6-7,9-10,12-13,16,23H,4-5,8,11,14-15,17H2,(H,30,31)/t23-/m1/s1. The smallest absolute Gasteiger partial charge is 0.339 e. The van der Waals surface area contributed by atoms with Crippen molar-refractivity contribution in [1.82, 2.24) is 14.3 Å². The van der Waals surface area contributed by atoms with Crippen molar-refractivity contribution in [2.24, 2.45) is 0 Å². The van der Waals surface area contributed by atoms with E-state index in [4.69, 9.17) is 0 Å². The molecule has 2 aromatic carbocycles. The lowest BCUT2D eigenvalue weighted by Gasteiger charge is -2.34. The molecule has 3 aromatic rings. The maximum Gasteiger partial charge on any atom is 0.339 e. The highest BCUT2D eigenvalue weighted by Gasteiger charge is 2.35. The molecule has 0 aliphatic carbocycles. The molecule has 1 fully saturated rings. The Morgan fingerprint density at radius 1 is 1.03 bits per heavy atom. The van der Waals surface area contributed by atoms with Crippen LogP contribution < -0.4 is 0 Å². The second-order valence-corrected chi connectivity index (χ2v) is 10.3. The topological polar surface area (TPSA) is 100 Å². The molecule has 0 spiro atoms. The number of carboxylic acid groups (broad SMARTS) is 1. The third-order valence-electron chi connectivity index (χ3n) is 5.98. The molecule has 0 bridgehead atoms. The van der Waals surface area contributed by atoms with Gasteiger partial charge in [0, 0.05) is 12.7 Å². The number of carbonyl (C=O) groups is 1. The van der Waals surface area contributed by atoms with Crippen molar-refractivity contribution in [3.8, 4) is 0 Å². The van der Waals surface area contributed by atoms with Gasteiger partial charge in [-0.25, -0.2) is 27.6 Å². The molecule has 1 aromatic heterocycles. The Balaban J connectivity index is 1.61. The van der Waals surface area contributed by atoms with Gasteiger partial charge in [-0.15, -0.1) is 0 Å². The van der Waals surface area contributed by atoms with Crippen LogP contribution >= 0.6 is 0 Å². The lowest BCUT2D eigenvalue weighted by molar-refractivity contribution is 0.0694. The fourth-order valence-corrected chi connectivity index (χ4v) is 6.01. The average molecular weight is 484 g/mol. The van der Waals surface area contributed by atoms with Crippen molar-refractivity contribution < 1.29 is 22.7 Å². The van der Waals surface area contributed by atoms with Crippen LogP contribution in [-0.2, 0) is 28.6 Å². The first-order valence-corrected chi connectivity index (χ1v) is 12.8. The van der Waals surface area contributed by atoms with Gasteiger partial charge in [0.1, 0.15) is 11.6 Å². The number of nitrogens with zero attached hydrogens (tertiary/aromatic N) is 3. The van der Waals surface area contributed by atoms with Gasteiger partial charge in [-0.2, -0.15) is 4.31 Å². The highest BCUT2D eigenvalue weighted by molar-refractivity contribution is 7.88. The quantitative estimate of drug-likeness (QED) is 0.517. The molecule has 1 aliphatic heterocycles. The first kappa shape index (κ1) is 24.0. The molecule has 9 heteroatoms. The summed E-state index contributed by atoms with van der Waals surface area (Å²) in [5.41, 5.74) is 1.88. The number of hydrogen-bond donors (Lipinski definition) is 1. The van der Waals surface area contributed by atoms with Crippen LogP contribution in [0.4, 0.5) is 4.39 Å². The van der Waals surface area contributed by atoms with Gasteiger partial charge in [0.15, 0.2) is 0 Å². The van der Waals surface area contributed by atoms with E-state index in [-0.39, 0.29) is 17.1 Å². The maximum atomic E-state index is 13.3. The minimum absolute atomic E-state index is 0.0136. The van der Waals surface area contributed by atoms with E-state index in [1.807, 2.05) is 6.07 Å². The van der Waals surface area contributed by atoms with Crippen molar-refractivity contribution in [2.75, 3.05) is 6.54 Å². The molecule has 1 N–H and O–H groups in total. The second kappa shape index (κ2) is 10.4. The highest BCUT2D eigenvalue weighted by Crippen LogP contribution is 2.33. The molecule has 0 amide bonds. The predicted molar refractivity (Wildman–Crippen MR) is 125 cm³/mol. The van der Waals surface area contributed by atoms with Crippen LogP contribution in [-0.4, -0.2) is 40.3 Å². The molecule has 4 rings (SSSR count). The first-order chi connectivity index (χ1) is 16.3. The second-order valence-electron chi connectivity index (χ2n) is 8.38. The third-order valence-corrected chi connectivity index (χ3v) is 7.83. The molecule has 2 heterocycles. The van der Waals surface area contributed by atoms with E-state index in [0.29, 0.717) is 42.9 Å². The Bertz CT molecular complexity index is 1250. The van der Waals surface area contributed by atoms with Crippen molar-refractivity contribution in [1.29, 1.82) is 0 Å². The molecule has 34 heavy (non-hydrogen) atoms. The summed E-state index contributed by atoms with van der Waals surface area (Å²) in [5.74, 6) is -1.28. The minimum Gasteiger partial charge on any atom is -0.478 e. The number of carboxylic acids is 1. The number of aromatic nitrogens is 2. The van der Waals surface area contributed by atoms with Crippen molar-refractivity contribution in [2.45, 2.75) is 43.9 Å². The number of piperidine rings is 1. The SMILES string of the molecule is O=C(O)c1cnc([C@H]2CCCCN2S(=O)(=O)Cc2ccccc2)nc1CCc1ccc(F)cc1. The van der Waals surface area contributed by atoms with Crippen LogP contribution in [0.1, 0.15) is 58.3 Å². The molecule has 1 atom stereocenters. The van der Waals surface area contributed by atoms with Gasteiger partial charge in [-0.3, -0.25) is 0 Å². The van der Waals surface area contributed by atoms with Gasteiger partial charge in [0.05, 0.1) is 23.1 Å². The van der Waals surface area contributed by atoms with Crippen LogP contribution in [0.2, 0.25) is 0 Å². The number of halogens is 1. The fraction of sp³-hybridized carbons (Fsp3) is 0.320. The van der Waals surface area contributed by atoms with Crippen LogP contribution in [0.15, 0.2) is 60.8 Å². The van der Waals surface area contributed by atoms with Crippen LogP contribution in [0.25, 0.3) is 0 Å². The number of sulfonamides is 1. The Labute approximate surface area is 198 Å². The zero-order valence-corrected chi connectivity index (χ0v) is 19.4. The van der Waals surface area contributed by atoms with Gasteiger partial charge in [-0.1, -0.05) is 48.9 Å². The predicted octanol–water partition coefficient (Wildman–Crippen LogP) is 4.16. The number of hydrogen-bond acceptors (Lipinski definition) is 5. The van der Waals surface area contributed by atoms with Gasteiger partial charge in [0.2, 0.25) is 10.0 Å². The summed E-state index contributed by atoms with van der Waals surface area (Å²) in [4.78, 5) is 20.6. The van der Waals surface area contributed by atoms with E-state index in [1.54, 1.807) is 36.4 Å². The van der Waals surface area contributed by atoms with E-state index >= 15 is 0 Å². The lowest BCUT2D eigenvalue weighted by Crippen LogP contribution is -2.40. The first-order valence-electron chi connectivity index (χ1n) is 11.2. The molecule has 0 saturated carbocycles. The summed E-state index contributed by atoms with van der Waals surface area (Å²) in [6, 6.07) is 14.5. The third kappa shape index (κ3) is 5.66. The molecular weight excluding hydrogens is 457 g/mol. The van der Waals surface area contributed by atoms with E-state index < -0.39 is 22.0 Å². The van der Waals surface area contributed by atoms with Crippen LogP contribution in [0, 0.1) is 5.82 Å². The van der Waals surface area contributed by atoms with Crippen LogP contribution in [0.5, 0.6) is 0 Å². The Morgan fingerprint density at radius 3 is 2.47 bits per heavy atom. The largest absolute Gasteiger partial charge is 0.478 e. The monoisotopic (exact) mass is 483 g/mol. The van der Waals surface area contributed by atoms with Crippen molar-refractivity contribution >= 4 is 16.0 Å². The van der Waals surface area contributed by atoms with E-state index in [9.17, 15) is 22.7 Å². The number of benzene rings is 2. The van der Waals surface area contributed by atoms with Crippen molar-refractivity contribution in [3.63, 3.8) is 0 Å². The molecular formula is C25H26FN3O4S. The van der Waals surface area contributed by atoms with E-state index in [0.717, 1.165) is 18.4 Å². The van der Waals surface area contributed by atoms with Gasteiger partial charge < -0.3 is 5.11 Å². The van der Waals surface area contributed by atoms with Crippen LogP contribution in [0.3, 0.4) is 0 Å². The summed E-state index contributed by atoms with van der Waals surface area (Å²) < 4.78 is 41.2. The normalized spacial score (nSPS) is 16.9. The molecule has 1 saturated heterocycles. The molecule has 0 radical (unpaired) electrons. The van der Waals surface area contributed by atoms with E-state index in [1.165, 1.54) is 22.6 Å².